The van der Waals surface area contributed by atoms with Gasteiger partial charge < -0.3 is 15.0 Å². The van der Waals surface area contributed by atoms with Crippen molar-refractivity contribution in [1.29, 1.82) is 0 Å². The highest BCUT2D eigenvalue weighted by atomic mass is 16.5. The van der Waals surface area contributed by atoms with Gasteiger partial charge in [-0.2, -0.15) is 0 Å². The number of carbonyl (C=O) groups excluding carboxylic acids is 3. The highest BCUT2D eigenvalue weighted by Gasteiger charge is 2.29. The Morgan fingerprint density at radius 1 is 1.38 bits per heavy atom. The van der Waals surface area contributed by atoms with Gasteiger partial charge in [-0.05, 0) is 30.5 Å². The lowest BCUT2D eigenvalue weighted by Crippen LogP contribution is -2.38. The van der Waals surface area contributed by atoms with E-state index in [1.165, 1.54) is 11.8 Å². The van der Waals surface area contributed by atoms with Gasteiger partial charge in [0.05, 0.1) is 0 Å². The van der Waals surface area contributed by atoms with Crippen LogP contribution in [0.5, 0.6) is 0 Å². The molecular weight excluding hydrogens is 272 g/mol. The molecule has 1 N–H and O–H groups in total. The van der Waals surface area contributed by atoms with Crippen LogP contribution in [-0.4, -0.2) is 35.8 Å². The Balaban J connectivity index is 1.92. The standard InChI is InChI=1S/C15H18N2O4/c1-11(19)21-9-12-4-6-13(7-5-12)16-15(20)14-3-2-8-17(14)10-18/h4-7,10,14H,2-3,8-9H2,1H3,(H,16,20). The number of hydrogen-bond donors (Lipinski definition) is 1. The Morgan fingerprint density at radius 2 is 2.10 bits per heavy atom. The number of hydrogen-bond acceptors (Lipinski definition) is 4. The zero-order valence-electron chi connectivity index (χ0n) is 11.9. The first kappa shape index (κ1) is 15.0. The van der Waals surface area contributed by atoms with E-state index in [0.717, 1.165) is 18.4 Å². The maximum atomic E-state index is 12.1. The van der Waals surface area contributed by atoms with Crippen LogP contribution in [0.1, 0.15) is 25.3 Å². The molecule has 6 heteroatoms. The topological polar surface area (TPSA) is 75.7 Å². The molecule has 0 aliphatic carbocycles. The third kappa shape index (κ3) is 4.05. The van der Waals surface area contributed by atoms with Gasteiger partial charge in [0.25, 0.3) is 0 Å². The third-order valence-corrected chi connectivity index (χ3v) is 3.40. The molecule has 1 aromatic rings. The summed E-state index contributed by atoms with van der Waals surface area (Å²) in [6.45, 7) is 2.20. The Kier molecular flexibility index (Phi) is 4.92. The zero-order chi connectivity index (χ0) is 15.2. The van der Waals surface area contributed by atoms with Crippen molar-refractivity contribution in [2.24, 2.45) is 0 Å². The summed E-state index contributed by atoms with van der Waals surface area (Å²) < 4.78 is 4.89. The smallest absolute Gasteiger partial charge is 0.302 e. The van der Waals surface area contributed by atoms with Crippen LogP contribution in [0.25, 0.3) is 0 Å². The predicted molar refractivity (Wildman–Crippen MR) is 76.3 cm³/mol. The van der Waals surface area contributed by atoms with E-state index < -0.39 is 0 Å². The van der Waals surface area contributed by atoms with Crippen LogP contribution >= 0.6 is 0 Å². The van der Waals surface area contributed by atoms with Crippen LogP contribution in [-0.2, 0) is 25.7 Å². The number of likely N-dealkylation sites (tertiary alicyclic amines) is 1. The molecule has 1 atom stereocenters. The molecule has 6 nitrogen and oxygen atoms in total. The summed E-state index contributed by atoms with van der Waals surface area (Å²) in [4.78, 5) is 35.2. The van der Waals surface area contributed by atoms with Gasteiger partial charge in [-0.25, -0.2) is 0 Å². The second-order valence-electron chi connectivity index (χ2n) is 4.97. The lowest BCUT2D eigenvalue weighted by atomic mass is 10.2. The van der Waals surface area contributed by atoms with E-state index in [9.17, 15) is 14.4 Å². The Hall–Kier alpha value is -2.37. The molecule has 0 bridgehead atoms. The molecule has 1 aromatic carbocycles. The van der Waals surface area contributed by atoms with Crippen LogP contribution in [0.4, 0.5) is 5.69 Å². The average Bonchev–Trinajstić information content (AvgIpc) is 2.95. The molecule has 0 aromatic heterocycles. The first-order chi connectivity index (χ1) is 10.1. The fraction of sp³-hybridized carbons (Fsp3) is 0.400. The number of carbonyl (C=O) groups is 3. The van der Waals surface area contributed by atoms with E-state index in [1.54, 1.807) is 24.3 Å². The van der Waals surface area contributed by atoms with Gasteiger partial charge in [0.15, 0.2) is 0 Å². The van der Waals surface area contributed by atoms with E-state index in [0.29, 0.717) is 18.7 Å². The van der Waals surface area contributed by atoms with E-state index in [2.05, 4.69) is 5.32 Å². The number of benzene rings is 1. The lowest BCUT2D eigenvalue weighted by Gasteiger charge is -2.19. The van der Waals surface area contributed by atoms with Gasteiger partial charge in [-0.1, -0.05) is 12.1 Å². The molecule has 0 radical (unpaired) electrons. The number of nitrogens with one attached hydrogen (secondary N) is 1. The SMILES string of the molecule is CC(=O)OCc1ccc(NC(=O)C2CCCN2C=O)cc1. The minimum Gasteiger partial charge on any atom is -0.461 e. The minimum absolute atomic E-state index is 0.174. The summed E-state index contributed by atoms with van der Waals surface area (Å²) >= 11 is 0. The highest BCUT2D eigenvalue weighted by molar-refractivity contribution is 5.96. The van der Waals surface area contributed by atoms with E-state index in [4.69, 9.17) is 4.74 Å². The number of nitrogens with zero attached hydrogens (tertiary/aromatic N) is 1. The second-order valence-corrected chi connectivity index (χ2v) is 4.97. The normalized spacial score (nSPS) is 17.4. The molecule has 2 rings (SSSR count). The number of amides is 2. The van der Waals surface area contributed by atoms with Crippen molar-refractivity contribution < 1.29 is 19.1 Å². The quantitative estimate of drug-likeness (QED) is 0.655. The van der Waals surface area contributed by atoms with Crippen molar-refractivity contribution in [3.63, 3.8) is 0 Å². The molecule has 112 valence electrons. The summed E-state index contributed by atoms with van der Waals surface area (Å²) in [5.41, 5.74) is 1.50. The van der Waals surface area contributed by atoms with Crippen molar-refractivity contribution in [2.75, 3.05) is 11.9 Å². The molecule has 21 heavy (non-hydrogen) atoms. The molecule has 1 saturated heterocycles. The summed E-state index contributed by atoms with van der Waals surface area (Å²) in [7, 11) is 0. The van der Waals surface area contributed by atoms with Crippen LogP contribution in [0.2, 0.25) is 0 Å². The largest absolute Gasteiger partial charge is 0.461 e. The third-order valence-electron chi connectivity index (χ3n) is 3.40. The van der Waals surface area contributed by atoms with Crippen molar-refractivity contribution in [3.05, 3.63) is 29.8 Å². The Bertz CT molecular complexity index is 527. The van der Waals surface area contributed by atoms with Crippen molar-refractivity contribution in [1.82, 2.24) is 4.90 Å². The molecule has 1 aliphatic heterocycles. The van der Waals surface area contributed by atoms with E-state index >= 15 is 0 Å². The van der Waals surface area contributed by atoms with E-state index in [1.807, 2.05) is 0 Å². The van der Waals surface area contributed by atoms with Gasteiger partial charge in [0.2, 0.25) is 12.3 Å². The molecular formula is C15H18N2O4. The molecule has 1 unspecified atom stereocenters. The van der Waals surface area contributed by atoms with Gasteiger partial charge >= 0.3 is 5.97 Å². The molecule has 2 amide bonds. The maximum Gasteiger partial charge on any atom is 0.302 e. The van der Waals surface area contributed by atoms with Crippen LogP contribution in [0.15, 0.2) is 24.3 Å². The summed E-state index contributed by atoms with van der Waals surface area (Å²) in [5.74, 6) is -0.505. The Morgan fingerprint density at radius 3 is 2.71 bits per heavy atom. The maximum absolute atomic E-state index is 12.1. The monoisotopic (exact) mass is 290 g/mol. The van der Waals surface area contributed by atoms with Crippen LogP contribution in [0, 0.1) is 0 Å². The van der Waals surface area contributed by atoms with E-state index in [-0.39, 0.29) is 24.5 Å². The second kappa shape index (κ2) is 6.88. The van der Waals surface area contributed by atoms with Gasteiger partial charge in [-0.15, -0.1) is 0 Å². The predicted octanol–water partition coefficient (Wildman–Crippen LogP) is 1.31. The summed E-state index contributed by atoms with van der Waals surface area (Å²) in [6.07, 6.45) is 2.26. The molecule has 1 aliphatic rings. The van der Waals surface area contributed by atoms with Crippen LogP contribution < -0.4 is 5.32 Å². The van der Waals surface area contributed by atoms with Crippen LogP contribution in [0.3, 0.4) is 0 Å². The zero-order valence-corrected chi connectivity index (χ0v) is 11.9. The van der Waals surface area contributed by atoms with Gasteiger partial charge in [-0.3, -0.25) is 14.4 Å². The first-order valence-electron chi connectivity index (χ1n) is 6.84. The minimum atomic E-state index is -0.386. The fourth-order valence-electron chi connectivity index (χ4n) is 2.29. The van der Waals surface area contributed by atoms with Crippen molar-refractivity contribution in [3.8, 4) is 0 Å². The molecule has 0 spiro atoms. The average molecular weight is 290 g/mol. The number of ether oxygens (including phenoxy) is 1. The summed E-state index contributed by atoms with van der Waals surface area (Å²) in [6, 6.07) is 6.67. The fourth-order valence-corrected chi connectivity index (χ4v) is 2.29. The number of rotatable bonds is 5. The lowest BCUT2D eigenvalue weighted by molar-refractivity contribution is -0.142. The molecule has 0 saturated carbocycles. The first-order valence-corrected chi connectivity index (χ1v) is 6.84. The summed E-state index contributed by atoms with van der Waals surface area (Å²) in [5, 5.41) is 2.79. The van der Waals surface area contributed by atoms with Gasteiger partial charge in [0.1, 0.15) is 12.6 Å². The molecule has 1 fully saturated rings. The Labute approximate surface area is 123 Å². The van der Waals surface area contributed by atoms with Crippen molar-refractivity contribution >= 4 is 24.0 Å². The highest BCUT2D eigenvalue weighted by Crippen LogP contribution is 2.18. The van der Waals surface area contributed by atoms with Gasteiger partial charge in [0, 0.05) is 19.2 Å². The molecule has 1 heterocycles. The van der Waals surface area contributed by atoms with Crippen molar-refractivity contribution in [2.45, 2.75) is 32.4 Å². The number of esters is 1. The number of anilines is 1.